The predicted molar refractivity (Wildman–Crippen MR) is 77.9 cm³/mol. The van der Waals surface area contributed by atoms with Crippen LogP contribution in [0.25, 0.3) is 0 Å². The van der Waals surface area contributed by atoms with Crippen LogP contribution in [-0.2, 0) is 0 Å². The van der Waals surface area contributed by atoms with Crippen molar-refractivity contribution >= 4 is 5.69 Å². The molecule has 3 unspecified atom stereocenters. The van der Waals surface area contributed by atoms with Crippen molar-refractivity contribution in [3.8, 4) is 0 Å². The molecule has 0 aliphatic carbocycles. The number of anilines is 1. The molecule has 1 aliphatic rings. The molecule has 1 aliphatic heterocycles. The molecule has 100 valence electrons. The highest BCUT2D eigenvalue weighted by molar-refractivity contribution is 5.55. The van der Waals surface area contributed by atoms with Crippen molar-refractivity contribution in [3.05, 3.63) is 29.8 Å². The Kier molecular flexibility index (Phi) is 3.93. The van der Waals surface area contributed by atoms with Gasteiger partial charge in [0.25, 0.3) is 0 Å². The van der Waals surface area contributed by atoms with Crippen LogP contribution in [0.15, 0.2) is 24.3 Å². The van der Waals surface area contributed by atoms with E-state index in [1.807, 2.05) is 0 Å². The van der Waals surface area contributed by atoms with Crippen molar-refractivity contribution < 1.29 is 0 Å². The standard InChI is InChI=1S/C15H25N3/c1-11-9-18(10-12(2)17(11)4)15-8-6-5-7-14(15)13(3)16/h5-8,11-13H,9-10,16H2,1-4H3. The van der Waals surface area contributed by atoms with Crippen molar-refractivity contribution in [2.75, 3.05) is 25.0 Å². The van der Waals surface area contributed by atoms with Gasteiger partial charge in [-0.3, -0.25) is 4.90 Å². The summed E-state index contributed by atoms with van der Waals surface area (Å²) in [7, 11) is 2.21. The van der Waals surface area contributed by atoms with Crippen LogP contribution in [0.5, 0.6) is 0 Å². The second-order valence-electron chi connectivity index (χ2n) is 5.62. The predicted octanol–water partition coefficient (Wildman–Crippen LogP) is 2.24. The normalized spacial score (nSPS) is 27.3. The van der Waals surface area contributed by atoms with E-state index in [2.05, 4.69) is 61.9 Å². The van der Waals surface area contributed by atoms with E-state index in [0.717, 1.165) is 13.1 Å². The van der Waals surface area contributed by atoms with E-state index in [0.29, 0.717) is 12.1 Å². The molecule has 0 radical (unpaired) electrons. The maximum absolute atomic E-state index is 6.08. The summed E-state index contributed by atoms with van der Waals surface area (Å²) in [6.07, 6.45) is 0. The minimum atomic E-state index is 0.0893. The third-order valence-electron chi connectivity index (χ3n) is 4.13. The second-order valence-corrected chi connectivity index (χ2v) is 5.62. The number of piperazine rings is 1. The van der Waals surface area contributed by atoms with Crippen molar-refractivity contribution in [1.82, 2.24) is 4.90 Å². The molecule has 3 atom stereocenters. The van der Waals surface area contributed by atoms with Gasteiger partial charge in [0.15, 0.2) is 0 Å². The fraction of sp³-hybridized carbons (Fsp3) is 0.600. The van der Waals surface area contributed by atoms with E-state index < -0.39 is 0 Å². The highest BCUT2D eigenvalue weighted by atomic mass is 15.3. The molecule has 3 nitrogen and oxygen atoms in total. The number of hydrogen-bond donors (Lipinski definition) is 1. The number of hydrogen-bond acceptors (Lipinski definition) is 3. The molecule has 18 heavy (non-hydrogen) atoms. The van der Waals surface area contributed by atoms with Gasteiger partial charge in [-0.15, -0.1) is 0 Å². The van der Waals surface area contributed by atoms with E-state index in [-0.39, 0.29) is 6.04 Å². The molecule has 1 fully saturated rings. The average molecular weight is 247 g/mol. The lowest BCUT2D eigenvalue weighted by atomic mass is 10.0. The van der Waals surface area contributed by atoms with Crippen LogP contribution >= 0.6 is 0 Å². The molecule has 0 spiro atoms. The number of nitrogens with zero attached hydrogens (tertiary/aromatic N) is 2. The smallest absolute Gasteiger partial charge is 0.0415 e. The van der Waals surface area contributed by atoms with Crippen molar-refractivity contribution in [1.29, 1.82) is 0 Å². The Morgan fingerprint density at radius 2 is 1.72 bits per heavy atom. The maximum Gasteiger partial charge on any atom is 0.0415 e. The summed E-state index contributed by atoms with van der Waals surface area (Å²) in [6, 6.07) is 9.77. The molecular weight excluding hydrogens is 222 g/mol. The van der Waals surface area contributed by atoms with E-state index >= 15 is 0 Å². The monoisotopic (exact) mass is 247 g/mol. The Morgan fingerprint density at radius 3 is 2.28 bits per heavy atom. The zero-order chi connectivity index (χ0) is 13.3. The lowest BCUT2D eigenvalue weighted by Gasteiger charge is -2.44. The van der Waals surface area contributed by atoms with Crippen molar-refractivity contribution in [3.63, 3.8) is 0 Å². The molecule has 1 aromatic carbocycles. The molecule has 1 heterocycles. The Hall–Kier alpha value is -1.06. The van der Waals surface area contributed by atoms with Crippen LogP contribution in [0.1, 0.15) is 32.4 Å². The van der Waals surface area contributed by atoms with Crippen LogP contribution in [0.4, 0.5) is 5.69 Å². The minimum Gasteiger partial charge on any atom is -0.368 e. The van der Waals surface area contributed by atoms with E-state index in [1.54, 1.807) is 0 Å². The topological polar surface area (TPSA) is 32.5 Å². The molecule has 0 aromatic heterocycles. The fourth-order valence-corrected chi connectivity index (χ4v) is 2.76. The highest BCUT2D eigenvalue weighted by Gasteiger charge is 2.27. The first-order chi connectivity index (χ1) is 8.50. The third-order valence-corrected chi connectivity index (χ3v) is 4.13. The fourth-order valence-electron chi connectivity index (χ4n) is 2.76. The number of likely N-dealkylation sites (N-methyl/N-ethyl adjacent to an activating group) is 1. The van der Waals surface area contributed by atoms with E-state index in [1.165, 1.54) is 11.3 Å². The molecule has 1 saturated heterocycles. The van der Waals surface area contributed by atoms with Gasteiger partial charge in [0, 0.05) is 36.9 Å². The lowest BCUT2D eigenvalue weighted by Crippen LogP contribution is -2.55. The number of benzene rings is 1. The number of rotatable bonds is 2. The van der Waals surface area contributed by atoms with Crippen molar-refractivity contribution in [2.45, 2.75) is 38.9 Å². The summed E-state index contributed by atoms with van der Waals surface area (Å²) >= 11 is 0. The number of para-hydroxylation sites is 1. The van der Waals surface area contributed by atoms with Gasteiger partial charge in [-0.1, -0.05) is 18.2 Å². The number of nitrogens with two attached hydrogens (primary N) is 1. The van der Waals surface area contributed by atoms with Gasteiger partial charge in [-0.25, -0.2) is 0 Å². The Morgan fingerprint density at radius 1 is 1.17 bits per heavy atom. The molecular formula is C15H25N3. The summed E-state index contributed by atoms with van der Waals surface area (Å²) in [5.74, 6) is 0. The lowest BCUT2D eigenvalue weighted by molar-refractivity contribution is 0.170. The Balaban J connectivity index is 2.27. The summed E-state index contributed by atoms with van der Waals surface area (Å²) in [5, 5.41) is 0. The maximum atomic E-state index is 6.08. The van der Waals surface area contributed by atoms with Crippen LogP contribution in [0.3, 0.4) is 0 Å². The van der Waals surface area contributed by atoms with Crippen LogP contribution < -0.4 is 10.6 Å². The first-order valence-corrected chi connectivity index (χ1v) is 6.82. The molecule has 2 N–H and O–H groups in total. The van der Waals surface area contributed by atoms with Gasteiger partial charge in [0.05, 0.1) is 0 Å². The average Bonchev–Trinajstić information content (AvgIpc) is 2.35. The quantitative estimate of drug-likeness (QED) is 0.870. The molecule has 3 heteroatoms. The minimum absolute atomic E-state index is 0.0893. The SMILES string of the molecule is CC(N)c1ccccc1N1CC(C)N(C)C(C)C1. The largest absolute Gasteiger partial charge is 0.368 e. The first-order valence-electron chi connectivity index (χ1n) is 6.82. The van der Waals surface area contributed by atoms with Gasteiger partial charge in [-0.05, 0) is 39.4 Å². The van der Waals surface area contributed by atoms with E-state index in [4.69, 9.17) is 5.73 Å². The summed E-state index contributed by atoms with van der Waals surface area (Å²) < 4.78 is 0. The van der Waals surface area contributed by atoms with Gasteiger partial charge in [-0.2, -0.15) is 0 Å². The van der Waals surface area contributed by atoms with E-state index in [9.17, 15) is 0 Å². The summed E-state index contributed by atoms with van der Waals surface area (Å²) in [4.78, 5) is 4.93. The highest BCUT2D eigenvalue weighted by Crippen LogP contribution is 2.28. The zero-order valence-electron chi connectivity index (χ0n) is 11.9. The molecule has 2 rings (SSSR count). The van der Waals surface area contributed by atoms with Gasteiger partial charge in [0.2, 0.25) is 0 Å². The summed E-state index contributed by atoms with van der Waals surface area (Å²) in [5.41, 5.74) is 8.64. The second kappa shape index (κ2) is 5.29. The first kappa shape index (κ1) is 13.4. The van der Waals surface area contributed by atoms with Crippen molar-refractivity contribution in [2.24, 2.45) is 5.73 Å². The molecule has 0 saturated carbocycles. The van der Waals surface area contributed by atoms with Crippen LogP contribution in [0.2, 0.25) is 0 Å². The zero-order valence-corrected chi connectivity index (χ0v) is 11.9. The molecule has 0 amide bonds. The van der Waals surface area contributed by atoms with Gasteiger partial charge >= 0.3 is 0 Å². The Labute approximate surface area is 111 Å². The molecule has 0 bridgehead atoms. The van der Waals surface area contributed by atoms with Gasteiger partial charge in [0.1, 0.15) is 0 Å². The van der Waals surface area contributed by atoms with Gasteiger partial charge < -0.3 is 10.6 Å². The van der Waals surface area contributed by atoms with Crippen LogP contribution in [-0.4, -0.2) is 37.1 Å². The molecule has 1 aromatic rings. The van der Waals surface area contributed by atoms with Crippen LogP contribution in [0, 0.1) is 0 Å². The Bertz CT molecular complexity index is 390. The third kappa shape index (κ3) is 2.52. The summed E-state index contributed by atoms with van der Waals surface area (Å²) in [6.45, 7) is 8.78.